The lowest BCUT2D eigenvalue weighted by molar-refractivity contribution is 0.0482. The summed E-state index contributed by atoms with van der Waals surface area (Å²) < 4.78 is 7.67. The van der Waals surface area contributed by atoms with Crippen molar-refractivity contribution >= 4 is 29.3 Å². The number of carbonyl (C=O) groups is 1. The van der Waals surface area contributed by atoms with E-state index in [-0.39, 0.29) is 18.4 Å². The maximum atomic E-state index is 12.2. The Morgan fingerprint density at radius 1 is 1.08 bits per heavy atom. The number of rotatable bonds is 7. The van der Waals surface area contributed by atoms with E-state index in [9.17, 15) is 4.79 Å². The molecular weight excluding hydrogens is 338 g/mol. The average molecular weight is 368 g/mol. The molecule has 0 aliphatic rings. The number of aryl methyl sites for hydroxylation is 1. The van der Waals surface area contributed by atoms with Crippen LogP contribution in [0, 0.1) is 13.8 Å². The van der Waals surface area contributed by atoms with Crippen LogP contribution in [0.4, 0.5) is 0 Å². The molecule has 0 radical (unpaired) electrons. The summed E-state index contributed by atoms with van der Waals surface area (Å²) >= 11 is 0. The van der Waals surface area contributed by atoms with E-state index in [1.54, 1.807) is 0 Å². The van der Waals surface area contributed by atoms with Crippen molar-refractivity contribution in [2.24, 2.45) is 0 Å². The molecule has 140 valence electrons. The van der Waals surface area contributed by atoms with Gasteiger partial charge in [0.25, 0.3) is 0 Å². The van der Waals surface area contributed by atoms with Gasteiger partial charge >= 0.3 is 5.97 Å². The summed E-state index contributed by atoms with van der Waals surface area (Å²) in [6.07, 6.45) is 0. The van der Waals surface area contributed by atoms with Crippen LogP contribution in [0.3, 0.4) is 0 Å². The van der Waals surface area contributed by atoms with Crippen LogP contribution in [0.25, 0.3) is 10.9 Å². The first-order valence-corrected chi connectivity index (χ1v) is 8.37. The summed E-state index contributed by atoms with van der Waals surface area (Å²) in [5.41, 5.74) is 4.28. The molecule has 1 heterocycles. The van der Waals surface area contributed by atoms with Crippen LogP contribution in [0.15, 0.2) is 18.2 Å². The molecule has 0 atom stereocenters. The van der Waals surface area contributed by atoms with Gasteiger partial charge in [0, 0.05) is 36.2 Å². The Labute approximate surface area is 156 Å². The molecule has 0 aliphatic carbocycles. The number of hydrogen-bond acceptors (Lipinski definition) is 4. The van der Waals surface area contributed by atoms with Gasteiger partial charge in [0.2, 0.25) is 0 Å². The van der Waals surface area contributed by atoms with Gasteiger partial charge in [-0.05, 0) is 65.8 Å². The van der Waals surface area contributed by atoms with E-state index in [1.165, 1.54) is 16.8 Å². The molecule has 0 unspecified atom stereocenters. The quantitative estimate of drug-likeness (QED) is 0.705. The SMILES string of the molecule is Cc1c(C)n(CCN(C)C)c2ccc(C(=O)OCCN(C)C)cc12.Cl. The van der Waals surface area contributed by atoms with E-state index in [0.717, 1.165) is 25.0 Å². The van der Waals surface area contributed by atoms with Crippen LogP contribution in [-0.2, 0) is 11.3 Å². The van der Waals surface area contributed by atoms with Crippen LogP contribution in [-0.4, -0.2) is 68.2 Å². The Bertz CT molecular complexity index is 723. The predicted molar refractivity (Wildman–Crippen MR) is 106 cm³/mol. The molecule has 0 saturated heterocycles. The lowest BCUT2D eigenvalue weighted by Gasteiger charge is -2.13. The van der Waals surface area contributed by atoms with E-state index < -0.39 is 0 Å². The molecule has 0 N–H and O–H groups in total. The summed E-state index contributed by atoms with van der Waals surface area (Å²) in [6, 6.07) is 5.86. The van der Waals surface area contributed by atoms with Crippen LogP contribution in [0.5, 0.6) is 0 Å². The lowest BCUT2D eigenvalue weighted by Crippen LogP contribution is -2.20. The Morgan fingerprint density at radius 2 is 1.72 bits per heavy atom. The number of ether oxygens (including phenoxy) is 1. The standard InChI is InChI=1S/C19H29N3O2.ClH/c1-14-15(2)22(10-9-20(3)4)18-8-7-16(13-17(14)18)19(23)24-12-11-21(5)6;/h7-8,13H,9-12H2,1-6H3;1H. The molecule has 1 aromatic carbocycles. The van der Waals surface area contributed by atoms with Crippen LogP contribution in [0.1, 0.15) is 21.6 Å². The Hall–Kier alpha value is -1.56. The number of carbonyl (C=O) groups excluding carboxylic acids is 1. The van der Waals surface area contributed by atoms with Gasteiger partial charge in [-0.15, -0.1) is 12.4 Å². The molecule has 6 heteroatoms. The fourth-order valence-corrected chi connectivity index (χ4v) is 2.77. The number of nitrogens with zero attached hydrogens (tertiary/aromatic N) is 3. The first-order chi connectivity index (χ1) is 11.3. The highest BCUT2D eigenvalue weighted by atomic mass is 35.5. The molecule has 0 saturated carbocycles. The molecule has 0 fully saturated rings. The molecule has 5 nitrogen and oxygen atoms in total. The third kappa shape index (κ3) is 5.21. The van der Waals surface area contributed by atoms with E-state index in [2.05, 4.69) is 37.4 Å². The minimum atomic E-state index is -0.253. The summed E-state index contributed by atoms with van der Waals surface area (Å²) in [5.74, 6) is -0.253. The normalized spacial score (nSPS) is 11.2. The van der Waals surface area contributed by atoms with E-state index >= 15 is 0 Å². The Morgan fingerprint density at radius 3 is 2.32 bits per heavy atom. The first kappa shape index (κ1) is 21.5. The second kappa shape index (κ2) is 9.22. The van der Waals surface area contributed by atoms with Crippen molar-refractivity contribution in [3.63, 3.8) is 0 Å². The summed E-state index contributed by atoms with van der Waals surface area (Å²) in [4.78, 5) is 16.4. The summed E-state index contributed by atoms with van der Waals surface area (Å²) in [5, 5.41) is 1.13. The zero-order valence-corrected chi connectivity index (χ0v) is 16.9. The molecule has 2 rings (SSSR count). The third-order valence-corrected chi connectivity index (χ3v) is 4.42. The topological polar surface area (TPSA) is 37.7 Å². The largest absolute Gasteiger partial charge is 0.461 e. The highest BCUT2D eigenvalue weighted by molar-refractivity contribution is 5.96. The van der Waals surface area contributed by atoms with E-state index in [4.69, 9.17) is 4.74 Å². The van der Waals surface area contributed by atoms with Crippen LogP contribution >= 0.6 is 12.4 Å². The van der Waals surface area contributed by atoms with Gasteiger partial charge < -0.3 is 19.1 Å². The third-order valence-electron chi connectivity index (χ3n) is 4.42. The van der Waals surface area contributed by atoms with Crippen LogP contribution in [0.2, 0.25) is 0 Å². The second-order valence-electron chi connectivity index (χ2n) is 6.84. The van der Waals surface area contributed by atoms with Gasteiger partial charge in [0.15, 0.2) is 0 Å². The average Bonchev–Trinajstić information content (AvgIpc) is 2.76. The Kier molecular flexibility index (Phi) is 7.93. The summed E-state index contributed by atoms with van der Waals surface area (Å²) in [6.45, 7) is 7.32. The van der Waals surface area contributed by atoms with Gasteiger partial charge in [0.05, 0.1) is 5.56 Å². The molecule has 0 amide bonds. The fourth-order valence-electron chi connectivity index (χ4n) is 2.77. The van der Waals surface area contributed by atoms with Gasteiger partial charge in [-0.2, -0.15) is 0 Å². The predicted octanol–water partition coefficient (Wildman–Crippen LogP) is 2.96. The molecular formula is C19H30ClN3O2. The number of fused-ring (bicyclic) bond motifs is 1. The number of benzene rings is 1. The van der Waals surface area contributed by atoms with E-state index in [1.807, 2.05) is 37.2 Å². The molecule has 0 spiro atoms. The van der Waals surface area contributed by atoms with Gasteiger partial charge in [-0.25, -0.2) is 4.79 Å². The highest BCUT2D eigenvalue weighted by Crippen LogP contribution is 2.26. The molecule has 0 aliphatic heterocycles. The van der Waals surface area contributed by atoms with Crippen molar-refractivity contribution in [3.05, 3.63) is 35.0 Å². The number of hydrogen-bond donors (Lipinski definition) is 0. The minimum absolute atomic E-state index is 0. The number of aromatic nitrogens is 1. The van der Waals surface area contributed by atoms with Gasteiger partial charge in [0.1, 0.15) is 6.61 Å². The molecule has 25 heavy (non-hydrogen) atoms. The fraction of sp³-hybridized carbons (Fsp3) is 0.526. The smallest absolute Gasteiger partial charge is 0.338 e. The maximum absolute atomic E-state index is 12.2. The summed E-state index contributed by atoms with van der Waals surface area (Å²) in [7, 11) is 8.08. The van der Waals surface area contributed by atoms with Crippen molar-refractivity contribution < 1.29 is 9.53 Å². The lowest BCUT2D eigenvalue weighted by atomic mass is 10.1. The highest BCUT2D eigenvalue weighted by Gasteiger charge is 2.14. The molecule has 0 bridgehead atoms. The van der Waals surface area contributed by atoms with Crippen molar-refractivity contribution in [1.82, 2.24) is 14.4 Å². The monoisotopic (exact) mass is 367 g/mol. The maximum Gasteiger partial charge on any atom is 0.338 e. The zero-order chi connectivity index (χ0) is 17.9. The molecule has 2 aromatic rings. The van der Waals surface area contributed by atoms with E-state index in [0.29, 0.717) is 12.2 Å². The van der Waals surface area contributed by atoms with Crippen molar-refractivity contribution in [1.29, 1.82) is 0 Å². The van der Waals surface area contributed by atoms with Crippen molar-refractivity contribution in [3.8, 4) is 0 Å². The minimum Gasteiger partial charge on any atom is -0.461 e. The van der Waals surface area contributed by atoms with Crippen molar-refractivity contribution in [2.75, 3.05) is 47.9 Å². The number of likely N-dealkylation sites (N-methyl/N-ethyl adjacent to an activating group) is 2. The Balaban J connectivity index is 0.00000312. The first-order valence-electron chi connectivity index (χ1n) is 8.37. The number of halogens is 1. The van der Waals surface area contributed by atoms with Gasteiger partial charge in [-0.1, -0.05) is 0 Å². The second-order valence-corrected chi connectivity index (χ2v) is 6.84. The number of esters is 1. The molecule has 1 aromatic heterocycles. The van der Waals surface area contributed by atoms with Crippen molar-refractivity contribution in [2.45, 2.75) is 20.4 Å². The zero-order valence-electron chi connectivity index (χ0n) is 16.1. The van der Waals surface area contributed by atoms with Gasteiger partial charge in [-0.3, -0.25) is 0 Å². The van der Waals surface area contributed by atoms with Crippen LogP contribution < -0.4 is 0 Å².